The number of ether oxygens (including phenoxy) is 1. The summed E-state index contributed by atoms with van der Waals surface area (Å²) in [5.74, 6) is 0. The summed E-state index contributed by atoms with van der Waals surface area (Å²) in [4.78, 5) is 16.3. The van der Waals surface area contributed by atoms with E-state index in [1.54, 1.807) is 6.07 Å². The molecule has 0 amide bonds. The van der Waals surface area contributed by atoms with Gasteiger partial charge in [-0.1, -0.05) is 0 Å². The van der Waals surface area contributed by atoms with E-state index in [-0.39, 0.29) is 11.8 Å². The Labute approximate surface area is 105 Å². The maximum atomic E-state index is 10.8. The largest absolute Gasteiger partial charge is 0.377 e. The van der Waals surface area contributed by atoms with Crippen molar-refractivity contribution in [1.29, 1.82) is 0 Å². The van der Waals surface area contributed by atoms with Crippen molar-refractivity contribution < 1.29 is 9.66 Å². The second-order valence-corrected chi connectivity index (χ2v) is 4.29. The van der Waals surface area contributed by atoms with Crippen LogP contribution in [0.5, 0.6) is 0 Å². The lowest BCUT2D eigenvalue weighted by Crippen LogP contribution is -2.43. The van der Waals surface area contributed by atoms with Crippen LogP contribution in [0, 0.1) is 10.1 Å². The number of hydrogen-bond donors (Lipinski definition) is 1. The van der Waals surface area contributed by atoms with Crippen LogP contribution in [0.15, 0.2) is 18.5 Å². The minimum atomic E-state index is -0.441. The highest BCUT2D eigenvalue weighted by molar-refractivity contribution is 5.59. The minimum absolute atomic E-state index is 0.0123. The second-order valence-electron chi connectivity index (χ2n) is 4.29. The van der Waals surface area contributed by atoms with E-state index >= 15 is 0 Å². The van der Waals surface area contributed by atoms with E-state index < -0.39 is 4.92 Å². The molecular weight excluding hydrogens is 236 g/mol. The summed E-state index contributed by atoms with van der Waals surface area (Å²) >= 11 is 0. The van der Waals surface area contributed by atoms with Crippen LogP contribution >= 0.6 is 0 Å². The Kier molecular flexibility index (Phi) is 4.06. The van der Waals surface area contributed by atoms with Gasteiger partial charge in [-0.3, -0.25) is 15.1 Å². The molecule has 1 atom stereocenters. The van der Waals surface area contributed by atoms with E-state index in [4.69, 9.17) is 4.74 Å². The van der Waals surface area contributed by atoms with Crippen LogP contribution in [0.4, 0.5) is 11.4 Å². The van der Waals surface area contributed by atoms with Gasteiger partial charge in [0, 0.05) is 25.8 Å². The molecule has 0 aromatic carbocycles. The zero-order valence-corrected chi connectivity index (χ0v) is 10.2. The molecule has 0 saturated carbocycles. The van der Waals surface area contributed by atoms with Gasteiger partial charge < -0.3 is 15.0 Å². The molecule has 1 aromatic heterocycles. The first-order valence-electron chi connectivity index (χ1n) is 5.79. The van der Waals surface area contributed by atoms with E-state index in [1.165, 1.54) is 12.4 Å². The Bertz CT molecular complexity index is 427. The molecule has 1 fully saturated rings. The zero-order chi connectivity index (χ0) is 13.0. The molecule has 1 unspecified atom stereocenters. The molecule has 2 rings (SSSR count). The summed E-state index contributed by atoms with van der Waals surface area (Å²) < 4.78 is 5.58. The number of nitro groups is 1. The molecule has 1 saturated heterocycles. The molecule has 0 bridgehead atoms. The SMILES string of the molecule is CN1CCOC(CNc2ccncc2[N+](=O)[O-])C1. The van der Waals surface area contributed by atoms with Crippen LogP contribution in [0.3, 0.4) is 0 Å². The van der Waals surface area contributed by atoms with E-state index in [9.17, 15) is 10.1 Å². The molecular formula is C11H16N4O3. The zero-order valence-electron chi connectivity index (χ0n) is 10.2. The molecule has 0 radical (unpaired) electrons. The Morgan fingerprint density at radius 3 is 3.28 bits per heavy atom. The third kappa shape index (κ3) is 3.14. The van der Waals surface area contributed by atoms with Gasteiger partial charge in [-0.05, 0) is 13.1 Å². The molecule has 7 nitrogen and oxygen atoms in total. The predicted molar refractivity (Wildman–Crippen MR) is 66.6 cm³/mol. The second kappa shape index (κ2) is 5.74. The highest BCUT2D eigenvalue weighted by Gasteiger charge is 2.19. The van der Waals surface area contributed by atoms with Crippen LogP contribution in [0.2, 0.25) is 0 Å². The van der Waals surface area contributed by atoms with Crippen molar-refractivity contribution in [3.8, 4) is 0 Å². The monoisotopic (exact) mass is 252 g/mol. The number of pyridine rings is 1. The van der Waals surface area contributed by atoms with Crippen molar-refractivity contribution in [2.24, 2.45) is 0 Å². The van der Waals surface area contributed by atoms with E-state index in [1.807, 2.05) is 7.05 Å². The minimum Gasteiger partial charge on any atom is -0.377 e. The Morgan fingerprint density at radius 1 is 1.72 bits per heavy atom. The number of aromatic nitrogens is 1. The molecule has 0 aliphatic carbocycles. The van der Waals surface area contributed by atoms with Crippen LogP contribution in [0.25, 0.3) is 0 Å². The van der Waals surface area contributed by atoms with Crippen molar-refractivity contribution in [1.82, 2.24) is 9.88 Å². The first-order chi connectivity index (χ1) is 8.66. The lowest BCUT2D eigenvalue weighted by molar-refractivity contribution is -0.384. The Morgan fingerprint density at radius 2 is 2.56 bits per heavy atom. The van der Waals surface area contributed by atoms with Gasteiger partial charge in [0.1, 0.15) is 11.9 Å². The summed E-state index contributed by atoms with van der Waals surface area (Å²) in [6.45, 7) is 2.99. The predicted octanol–water partition coefficient (Wildman–Crippen LogP) is 0.732. The van der Waals surface area contributed by atoms with Gasteiger partial charge in [-0.15, -0.1) is 0 Å². The normalized spacial score (nSPS) is 20.6. The van der Waals surface area contributed by atoms with E-state index in [0.29, 0.717) is 18.8 Å². The topological polar surface area (TPSA) is 80.5 Å². The number of likely N-dealkylation sites (N-methyl/N-ethyl adjacent to an activating group) is 1. The van der Waals surface area contributed by atoms with Crippen molar-refractivity contribution in [3.05, 3.63) is 28.6 Å². The van der Waals surface area contributed by atoms with Gasteiger partial charge in [-0.2, -0.15) is 0 Å². The molecule has 1 aliphatic heterocycles. The average molecular weight is 252 g/mol. The fourth-order valence-electron chi connectivity index (χ4n) is 1.90. The molecule has 1 aromatic rings. The first kappa shape index (κ1) is 12.7. The van der Waals surface area contributed by atoms with Crippen LogP contribution in [0.1, 0.15) is 0 Å². The van der Waals surface area contributed by atoms with Crippen molar-refractivity contribution >= 4 is 11.4 Å². The number of rotatable bonds is 4. The molecule has 0 spiro atoms. The summed E-state index contributed by atoms with van der Waals surface area (Å²) in [6, 6.07) is 1.60. The van der Waals surface area contributed by atoms with Gasteiger partial charge in [0.15, 0.2) is 0 Å². The smallest absolute Gasteiger partial charge is 0.310 e. The maximum absolute atomic E-state index is 10.8. The molecule has 18 heavy (non-hydrogen) atoms. The summed E-state index contributed by atoms with van der Waals surface area (Å²) in [6.07, 6.45) is 2.83. The summed E-state index contributed by atoms with van der Waals surface area (Å²) in [5, 5.41) is 13.9. The third-order valence-electron chi connectivity index (χ3n) is 2.86. The maximum Gasteiger partial charge on any atom is 0.310 e. The third-order valence-corrected chi connectivity index (χ3v) is 2.86. The average Bonchev–Trinajstić information content (AvgIpc) is 2.37. The number of nitrogens with zero attached hydrogens (tertiary/aromatic N) is 3. The van der Waals surface area contributed by atoms with Gasteiger partial charge >= 0.3 is 5.69 Å². The summed E-state index contributed by atoms with van der Waals surface area (Å²) in [5.41, 5.74) is 0.466. The van der Waals surface area contributed by atoms with E-state index in [2.05, 4.69) is 15.2 Å². The number of nitrogens with one attached hydrogen (secondary N) is 1. The van der Waals surface area contributed by atoms with Crippen molar-refractivity contribution in [2.45, 2.75) is 6.10 Å². The summed E-state index contributed by atoms with van der Waals surface area (Å²) in [7, 11) is 2.03. The van der Waals surface area contributed by atoms with Gasteiger partial charge in [0.25, 0.3) is 0 Å². The molecule has 7 heteroatoms. The lowest BCUT2D eigenvalue weighted by atomic mass is 10.2. The molecule has 98 valence electrons. The first-order valence-corrected chi connectivity index (χ1v) is 5.79. The number of anilines is 1. The highest BCUT2D eigenvalue weighted by atomic mass is 16.6. The van der Waals surface area contributed by atoms with Gasteiger partial charge in [0.05, 0.1) is 17.6 Å². The quantitative estimate of drug-likeness (QED) is 0.628. The fourth-order valence-corrected chi connectivity index (χ4v) is 1.90. The van der Waals surface area contributed by atoms with Crippen LogP contribution in [-0.2, 0) is 4.74 Å². The van der Waals surface area contributed by atoms with E-state index in [0.717, 1.165) is 13.1 Å². The molecule has 2 heterocycles. The standard InChI is InChI=1S/C11H16N4O3/c1-14-4-5-18-9(8-14)6-13-10-2-3-12-7-11(10)15(16)17/h2-3,7,9H,4-6,8H2,1H3,(H,12,13). The van der Waals surface area contributed by atoms with Crippen molar-refractivity contribution in [3.63, 3.8) is 0 Å². The van der Waals surface area contributed by atoms with Crippen LogP contribution < -0.4 is 5.32 Å². The Hall–Kier alpha value is -1.73. The Balaban J connectivity index is 1.95. The molecule has 1 N–H and O–H groups in total. The van der Waals surface area contributed by atoms with Gasteiger partial charge in [0.2, 0.25) is 0 Å². The molecule has 1 aliphatic rings. The van der Waals surface area contributed by atoms with Gasteiger partial charge in [-0.25, -0.2) is 0 Å². The lowest BCUT2D eigenvalue weighted by Gasteiger charge is -2.30. The number of morpholine rings is 1. The highest BCUT2D eigenvalue weighted by Crippen LogP contribution is 2.21. The number of hydrogen-bond acceptors (Lipinski definition) is 6. The fraction of sp³-hybridized carbons (Fsp3) is 0.545. The van der Waals surface area contributed by atoms with Crippen molar-refractivity contribution in [2.75, 3.05) is 38.6 Å². The van der Waals surface area contributed by atoms with Crippen LogP contribution in [-0.4, -0.2) is 54.2 Å².